The molecule has 2 rings (SSSR count). The zero-order chi connectivity index (χ0) is 13.8. The van der Waals surface area contributed by atoms with E-state index in [1.165, 1.54) is 0 Å². The Labute approximate surface area is 125 Å². The molecule has 0 aliphatic carbocycles. The number of aromatic nitrogens is 1. The maximum Gasteiger partial charge on any atom is 0.147 e. The summed E-state index contributed by atoms with van der Waals surface area (Å²) in [7, 11) is 0. The Morgan fingerprint density at radius 1 is 1.37 bits per heavy atom. The molecule has 1 aromatic carbocycles. The lowest BCUT2D eigenvalue weighted by atomic mass is 10.1. The van der Waals surface area contributed by atoms with Crippen molar-refractivity contribution >= 4 is 27.5 Å². The fourth-order valence-corrected chi connectivity index (χ4v) is 2.18. The molecule has 100 valence electrons. The number of rotatable bonds is 4. The molecule has 2 N–H and O–H groups in total. The molecule has 0 amide bonds. The van der Waals surface area contributed by atoms with Gasteiger partial charge in [0.05, 0.1) is 11.2 Å². The molecule has 0 saturated heterocycles. The minimum Gasteiger partial charge on any atom is -0.454 e. The Bertz CT molecular complexity index is 575. The molecular formula is C14H14BrClN2O. The predicted octanol–water partition coefficient (Wildman–Crippen LogP) is 4.18. The lowest BCUT2D eigenvalue weighted by Crippen LogP contribution is -2.17. The van der Waals surface area contributed by atoms with Crippen molar-refractivity contribution in [3.63, 3.8) is 0 Å². The largest absolute Gasteiger partial charge is 0.454 e. The summed E-state index contributed by atoms with van der Waals surface area (Å²) in [6.07, 6.45) is 4.21. The van der Waals surface area contributed by atoms with Gasteiger partial charge in [0.1, 0.15) is 11.5 Å². The van der Waals surface area contributed by atoms with Crippen LogP contribution in [-0.4, -0.2) is 11.0 Å². The molecule has 5 heteroatoms. The molecule has 0 aliphatic rings. The Kier molecular flexibility index (Phi) is 4.80. The summed E-state index contributed by atoms with van der Waals surface area (Å²) in [5, 5.41) is 0.556. The van der Waals surface area contributed by atoms with Gasteiger partial charge in [0.25, 0.3) is 0 Å². The van der Waals surface area contributed by atoms with Crippen molar-refractivity contribution in [1.82, 2.24) is 4.98 Å². The standard InChI is InChI=1S/C14H14BrClN2O/c1-9(17)4-10-5-12(8-18-7-10)19-14-6-11(15)2-3-13(14)16/h2-3,5-9H,4,17H2,1H3. The highest BCUT2D eigenvalue weighted by Gasteiger charge is 2.06. The van der Waals surface area contributed by atoms with Crippen LogP contribution in [0, 0.1) is 0 Å². The summed E-state index contributed by atoms with van der Waals surface area (Å²) >= 11 is 9.47. The van der Waals surface area contributed by atoms with Gasteiger partial charge in [0.2, 0.25) is 0 Å². The molecule has 0 spiro atoms. The zero-order valence-corrected chi connectivity index (χ0v) is 12.8. The van der Waals surface area contributed by atoms with E-state index in [2.05, 4.69) is 20.9 Å². The maximum atomic E-state index is 6.08. The first-order valence-corrected chi connectivity index (χ1v) is 7.04. The van der Waals surface area contributed by atoms with Crippen molar-refractivity contribution in [3.05, 3.63) is 51.7 Å². The molecule has 0 saturated carbocycles. The van der Waals surface area contributed by atoms with Gasteiger partial charge in [0, 0.05) is 16.7 Å². The highest BCUT2D eigenvalue weighted by Crippen LogP contribution is 2.31. The van der Waals surface area contributed by atoms with Gasteiger partial charge >= 0.3 is 0 Å². The van der Waals surface area contributed by atoms with Crippen molar-refractivity contribution < 1.29 is 4.74 Å². The van der Waals surface area contributed by atoms with E-state index in [0.29, 0.717) is 16.5 Å². The number of hydrogen-bond donors (Lipinski definition) is 1. The number of halogens is 2. The molecular weight excluding hydrogens is 328 g/mol. The third-order valence-electron chi connectivity index (χ3n) is 2.45. The van der Waals surface area contributed by atoms with Crippen LogP contribution in [-0.2, 0) is 6.42 Å². The minimum atomic E-state index is 0.0894. The topological polar surface area (TPSA) is 48.1 Å². The highest BCUT2D eigenvalue weighted by molar-refractivity contribution is 9.10. The average Bonchev–Trinajstić information content (AvgIpc) is 2.33. The van der Waals surface area contributed by atoms with Crippen LogP contribution in [0.15, 0.2) is 41.1 Å². The fraction of sp³-hybridized carbons (Fsp3) is 0.214. The van der Waals surface area contributed by atoms with E-state index in [0.717, 1.165) is 16.5 Å². The van der Waals surface area contributed by atoms with Gasteiger partial charge in [-0.2, -0.15) is 0 Å². The smallest absolute Gasteiger partial charge is 0.147 e. The summed E-state index contributed by atoms with van der Waals surface area (Å²) in [5.74, 6) is 1.24. The van der Waals surface area contributed by atoms with Gasteiger partial charge in [-0.15, -0.1) is 0 Å². The third-order valence-corrected chi connectivity index (χ3v) is 3.25. The van der Waals surface area contributed by atoms with Gasteiger partial charge in [-0.25, -0.2) is 0 Å². The van der Waals surface area contributed by atoms with Gasteiger partial charge in [-0.3, -0.25) is 4.98 Å². The molecule has 1 aromatic heterocycles. The van der Waals surface area contributed by atoms with Gasteiger partial charge in [-0.05, 0) is 43.2 Å². The highest BCUT2D eigenvalue weighted by atomic mass is 79.9. The first-order chi connectivity index (χ1) is 9.04. The van der Waals surface area contributed by atoms with Crippen LogP contribution in [0.2, 0.25) is 5.02 Å². The lowest BCUT2D eigenvalue weighted by Gasteiger charge is -2.10. The molecule has 2 aromatic rings. The van der Waals surface area contributed by atoms with Crippen LogP contribution in [0.5, 0.6) is 11.5 Å². The quantitative estimate of drug-likeness (QED) is 0.907. The van der Waals surface area contributed by atoms with Crippen LogP contribution < -0.4 is 10.5 Å². The van der Waals surface area contributed by atoms with Crippen molar-refractivity contribution in [2.75, 3.05) is 0 Å². The van der Waals surface area contributed by atoms with Crippen molar-refractivity contribution in [1.29, 1.82) is 0 Å². The molecule has 1 heterocycles. The van der Waals surface area contributed by atoms with Crippen LogP contribution in [0.25, 0.3) is 0 Å². The molecule has 3 nitrogen and oxygen atoms in total. The number of benzene rings is 1. The Morgan fingerprint density at radius 3 is 2.89 bits per heavy atom. The second kappa shape index (κ2) is 6.37. The number of nitrogens with zero attached hydrogens (tertiary/aromatic N) is 1. The SMILES string of the molecule is CC(N)Cc1cncc(Oc2cc(Br)ccc2Cl)c1. The molecule has 1 atom stereocenters. The Hall–Kier alpha value is -1.10. The summed E-state index contributed by atoms with van der Waals surface area (Å²) in [4.78, 5) is 4.15. The van der Waals surface area contributed by atoms with E-state index in [1.807, 2.05) is 25.1 Å². The van der Waals surface area contributed by atoms with E-state index >= 15 is 0 Å². The van der Waals surface area contributed by atoms with E-state index in [-0.39, 0.29) is 6.04 Å². The van der Waals surface area contributed by atoms with Crippen LogP contribution in [0.1, 0.15) is 12.5 Å². The molecule has 0 radical (unpaired) electrons. The third kappa shape index (κ3) is 4.20. The zero-order valence-electron chi connectivity index (χ0n) is 10.4. The van der Waals surface area contributed by atoms with E-state index in [1.54, 1.807) is 18.5 Å². The summed E-state index contributed by atoms with van der Waals surface area (Å²) < 4.78 is 6.66. The lowest BCUT2D eigenvalue weighted by molar-refractivity contribution is 0.479. The van der Waals surface area contributed by atoms with Gasteiger partial charge in [-0.1, -0.05) is 27.5 Å². The van der Waals surface area contributed by atoms with Gasteiger partial charge < -0.3 is 10.5 Å². The van der Waals surface area contributed by atoms with E-state index in [4.69, 9.17) is 22.1 Å². The number of hydrogen-bond acceptors (Lipinski definition) is 3. The van der Waals surface area contributed by atoms with Crippen molar-refractivity contribution in [2.24, 2.45) is 5.73 Å². The second-order valence-corrected chi connectivity index (χ2v) is 5.71. The summed E-state index contributed by atoms with van der Waals surface area (Å²) in [6.45, 7) is 1.96. The van der Waals surface area contributed by atoms with Crippen LogP contribution in [0.4, 0.5) is 0 Å². The monoisotopic (exact) mass is 340 g/mol. The van der Waals surface area contributed by atoms with Crippen molar-refractivity contribution in [3.8, 4) is 11.5 Å². The normalized spacial score (nSPS) is 12.2. The number of ether oxygens (including phenoxy) is 1. The fourth-order valence-electron chi connectivity index (χ4n) is 1.69. The summed E-state index contributed by atoms with van der Waals surface area (Å²) in [6, 6.07) is 7.47. The molecule has 0 aliphatic heterocycles. The second-order valence-electron chi connectivity index (χ2n) is 4.39. The molecule has 0 fully saturated rings. The van der Waals surface area contributed by atoms with Crippen LogP contribution in [0.3, 0.4) is 0 Å². The summed E-state index contributed by atoms with van der Waals surface area (Å²) in [5.41, 5.74) is 6.82. The van der Waals surface area contributed by atoms with E-state index in [9.17, 15) is 0 Å². The first kappa shape index (κ1) is 14.3. The molecule has 0 bridgehead atoms. The Morgan fingerprint density at radius 2 is 2.16 bits per heavy atom. The minimum absolute atomic E-state index is 0.0894. The first-order valence-electron chi connectivity index (χ1n) is 5.87. The van der Waals surface area contributed by atoms with E-state index < -0.39 is 0 Å². The number of pyridine rings is 1. The maximum absolute atomic E-state index is 6.08. The predicted molar refractivity (Wildman–Crippen MR) is 80.8 cm³/mol. The van der Waals surface area contributed by atoms with Gasteiger partial charge in [0.15, 0.2) is 0 Å². The van der Waals surface area contributed by atoms with Crippen molar-refractivity contribution in [2.45, 2.75) is 19.4 Å². The molecule has 19 heavy (non-hydrogen) atoms. The molecule has 1 unspecified atom stereocenters. The van der Waals surface area contributed by atoms with Crippen LogP contribution >= 0.6 is 27.5 Å². The number of nitrogens with two attached hydrogens (primary N) is 1. The Balaban J connectivity index is 2.21. The average molecular weight is 342 g/mol.